The first kappa shape index (κ1) is 23.9. The summed E-state index contributed by atoms with van der Waals surface area (Å²) in [6, 6.07) is 11.0. The molecule has 6 heterocycles. The second-order valence-electron chi connectivity index (χ2n) is 9.19. The summed E-state index contributed by atoms with van der Waals surface area (Å²) in [6.07, 6.45) is 0.828. The van der Waals surface area contributed by atoms with Crippen molar-refractivity contribution in [3.8, 4) is 23.0 Å². The monoisotopic (exact) mass is 588 g/mol. The zero-order valence-corrected chi connectivity index (χ0v) is 22.5. The number of ether oxygens (including phenoxy) is 4. The Morgan fingerprint density at radius 3 is 1.56 bits per heavy atom. The zero-order chi connectivity index (χ0) is 27.5. The Kier molecular flexibility index (Phi) is 5.42. The number of fused-ring (bicyclic) bond motifs is 4. The van der Waals surface area contributed by atoms with Crippen LogP contribution < -0.4 is 30.1 Å². The minimum absolute atomic E-state index is 0.174. The smallest absolute Gasteiger partial charge is 0.297 e. The summed E-state index contributed by atoms with van der Waals surface area (Å²) in [4.78, 5) is 27.0. The fraction of sp³-hybridized carbons (Fsp3) is 0.200. The van der Waals surface area contributed by atoms with E-state index in [4.69, 9.17) is 18.9 Å². The van der Waals surface area contributed by atoms with Crippen molar-refractivity contribution < 1.29 is 18.9 Å². The molecule has 2 aliphatic rings. The van der Waals surface area contributed by atoms with Crippen LogP contribution in [0.15, 0.2) is 46.0 Å². The molecule has 0 saturated heterocycles. The van der Waals surface area contributed by atoms with Gasteiger partial charge in [0.15, 0.2) is 23.0 Å². The maximum absolute atomic E-state index is 13.1. The van der Waals surface area contributed by atoms with Crippen molar-refractivity contribution in [2.75, 3.05) is 13.6 Å². The third kappa shape index (κ3) is 4.23. The normalized spacial score (nSPS) is 13.5. The first-order valence-corrected chi connectivity index (χ1v) is 14.0. The maximum atomic E-state index is 13.1. The van der Waals surface area contributed by atoms with E-state index >= 15 is 0 Å². The molecule has 0 atom stereocenters. The summed E-state index contributed by atoms with van der Waals surface area (Å²) in [5, 5.41) is 26.8. The molecule has 0 N–H and O–H groups in total. The average Bonchev–Trinajstić information content (AvgIpc) is 3.77. The van der Waals surface area contributed by atoms with Crippen LogP contribution in [0, 0.1) is 0 Å². The van der Waals surface area contributed by atoms with Gasteiger partial charge >= 0.3 is 0 Å². The predicted octanol–water partition coefficient (Wildman–Crippen LogP) is 1.64. The van der Waals surface area contributed by atoms with E-state index in [2.05, 4.69) is 30.6 Å². The van der Waals surface area contributed by atoms with Crippen molar-refractivity contribution in [1.29, 1.82) is 0 Å². The summed E-state index contributed by atoms with van der Waals surface area (Å²) in [6.45, 7) is 0.347. The Balaban J connectivity index is 1.04. The van der Waals surface area contributed by atoms with Gasteiger partial charge in [0.05, 0.1) is 6.42 Å². The molecule has 6 aromatic rings. The number of nitrogens with zero attached hydrogens (tertiary/aromatic N) is 8. The van der Waals surface area contributed by atoms with Crippen LogP contribution in [0.2, 0.25) is 0 Å². The molecular formula is C25H16N8O6S2. The molecule has 41 heavy (non-hydrogen) atoms. The van der Waals surface area contributed by atoms with Crippen LogP contribution in [-0.4, -0.2) is 53.2 Å². The molecule has 0 bridgehead atoms. The molecule has 0 spiro atoms. The van der Waals surface area contributed by atoms with Gasteiger partial charge in [-0.1, -0.05) is 34.8 Å². The summed E-state index contributed by atoms with van der Waals surface area (Å²) in [7, 11) is 0. The highest BCUT2D eigenvalue weighted by Crippen LogP contribution is 2.34. The summed E-state index contributed by atoms with van der Waals surface area (Å²) in [5.41, 5.74) is 1.50. The minimum atomic E-state index is -0.352. The van der Waals surface area contributed by atoms with Crippen molar-refractivity contribution in [2.45, 2.75) is 19.3 Å². The van der Waals surface area contributed by atoms with E-state index in [9.17, 15) is 9.59 Å². The SMILES string of the molecule is O=c1c(Cc2ccc3c(c2)OCO3)nnc2sc(Cc3nn4c(=O)c(Cc5ccc6c(c5)OCO6)nnc4s3)nn12. The Bertz CT molecular complexity index is 1970. The van der Waals surface area contributed by atoms with Gasteiger partial charge in [-0.3, -0.25) is 9.59 Å². The Hall–Kier alpha value is -4.96. The maximum Gasteiger partial charge on any atom is 0.297 e. The summed E-state index contributed by atoms with van der Waals surface area (Å²) < 4.78 is 24.0. The number of benzene rings is 2. The zero-order valence-electron chi connectivity index (χ0n) is 20.8. The van der Waals surface area contributed by atoms with Crippen LogP contribution in [0.25, 0.3) is 9.92 Å². The van der Waals surface area contributed by atoms with Gasteiger partial charge < -0.3 is 18.9 Å². The lowest BCUT2D eigenvalue weighted by Gasteiger charge is -2.02. The van der Waals surface area contributed by atoms with E-state index in [1.165, 1.54) is 31.7 Å². The van der Waals surface area contributed by atoms with E-state index in [0.29, 0.717) is 42.9 Å². The lowest BCUT2D eigenvalue weighted by atomic mass is 10.1. The molecule has 2 aliphatic heterocycles. The molecule has 0 aliphatic carbocycles. The molecule has 4 aromatic heterocycles. The molecule has 14 nitrogen and oxygen atoms in total. The van der Waals surface area contributed by atoms with Gasteiger partial charge in [-0.05, 0) is 35.4 Å². The highest BCUT2D eigenvalue weighted by molar-refractivity contribution is 7.18. The van der Waals surface area contributed by atoms with Crippen molar-refractivity contribution in [2.24, 2.45) is 0 Å². The van der Waals surface area contributed by atoms with Gasteiger partial charge in [-0.15, -0.1) is 20.4 Å². The Morgan fingerprint density at radius 2 is 1.07 bits per heavy atom. The average molecular weight is 589 g/mol. The van der Waals surface area contributed by atoms with Gasteiger partial charge in [0.25, 0.3) is 11.1 Å². The van der Waals surface area contributed by atoms with Crippen LogP contribution in [0.5, 0.6) is 23.0 Å². The number of aromatic nitrogens is 8. The Labute approximate surface area is 236 Å². The fourth-order valence-electron chi connectivity index (χ4n) is 4.56. The third-order valence-electron chi connectivity index (χ3n) is 6.51. The van der Waals surface area contributed by atoms with Crippen molar-refractivity contribution in [3.05, 3.63) is 89.6 Å². The molecule has 8 rings (SSSR count). The van der Waals surface area contributed by atoms with Crippen LogP contribution in [-0.2, 0) is 19.3 Å². The number of hydrogen-bond donors (Lipinski definition) is 0. The van der Waals surface area contributed by atoms with E-state index in [0.717, 1.165) is 11.1 Å². The van der Waals surface area contributed by atoms with Crippen molar-refractivity contribution in [3.63, 3.8) is 0 Å². The third-order valence-corrected chi connectivity index (χ3v) is 8.31. The first-order chi connectivity index (χ1) is 20.1. The van der Waals surface area contributed by atoms with E-state index in [1.54, 1.807) is 12.1 Å². The number of hydrogen-bond acceptors (Lipinski definition) is 14. The Morgan fingerprint density at radius 1 is 0.610 bits per heavy atom. The topological polar surface area (TPSA) is 157 Å². The van der Waals surface area contributed by atoms with E-state index in [1.807, 2.05) is 24.3 Å². The standard InChI is InChI=1S/C25H16N8O6S2/c34-22-14(5-12-1-3-16-18(7-12)38-10-36-16)26-28-24-32(22)30-20(40-24)9-21-31-33-23(35)15(27-29-25(33)41-21)6-13-2-4-17-19(8-13)39-11-37-17/h1-4,7-8H,5-6,9-11H2. The summed E-state index contributed by atoms with van der Waals surface area (Å²) >= 11 is 2.46. The molecule has 0 unspecified atom stereocenters. The second-order valence-corrected chi connectivity index (χ2v) is 11.3. The molecule has 16 heteroatoms. The lowest BCUT2D eigenvalue weighted by Crippen LogP contribution is -2.22. The molecule has 0 saturated carbocycles. The van der Waals surface area contributed by atoms with Crippen molar-refractivity contribution in [1.82, 2.24) is 39.6 Å². The van der Waals surface area contributed by atoms with Crippen molar-refractivity contribution >= 4 is 32.6 Å². The molecule has 0 fully saturated rings. The van der Waals surface area contributed by atoms with Crippen LogP contribution in [0.3, 0.4) is 0 Å². The lowest BCUT2D eigenvalue weighted by molar-refractivity contribution is 0.173. The van der Waals surface area contributed by atoms with Gasteiger partial charge in [0.2, 0.25) is 23.5 Å². The summed E-state index contributed by atoms with van der Waals surface area (Å²) in [5.74, 6) is 2.60. The van der Waals surface area contributed by atoms with Gasteiger partial charge in [0.1, 0.15) is 21.4 Å². The van der Waals surface area contributed by atoms with Crippen LogP contribution in [0.4, 0.5) is 0 Å². The second kappa shape index (κ2) is 9.31. The molecule has 0 radical (unpaired) electrons. The largest absolute Gasteiger partial charge is 0.454 e. The number of rotatable bonds is 6. The van der Waals surface area contributed by atoms with Gasteiger partial charge in [-0.2, -0.15) is 19.2 Å². The quantitative estimate of drug-likeness (QED) is 0.277. The minimum Gasteiger partial charge on any atom is -0.454 e. The van der Waals surface area contributed by atoms with Gasteiger partial charge in [0, 0.05) is 12.8 Å². The van der Waals surface area contributed by atoms with E-state index < -0.39 is 0 Å². The van der Waals surface area contributed by atoms with E-state index in [-0.39, 0.29) is 55.4 Å². The highest BCUT2D eigenvalue weighted by atomic mass is 32.1. The molecule has 204 valence electrons. The van der Waals surface area contributed by atoms with Crippen LogP contribution >= 0.6 is 22.7 Å². The highest BCUT2D eigenvalue weighted by Gasteiger charge is 2.19. The fourth-order valence-corrected chi connectivity index (χ4v) is 6.32. The molecule has 2 aromatic carbocycles. The van der Waals surface area contributed by atoms with Gasteiger partial charge in [-0.25, -0.2) is 0 Å². The predicted molar refractivity (Wildman–Crippen MR) is 143 cm³/mol. The van der Waals surface area contributed by atoms with Crippen LogP contribution in [0.1, 0.15) is 32.5 Å². The first-order valence-electron chi connectivity index (χ1n) is 12.3. The molecular weight excluding hydrogens is 572 g/mol. The molecule has 0 amide bonds.